The van der Waals surface area contributed by atoms with Gasteiger partial charge < -0.3 is 4.74 Å². The van der Waals surface area contributed by atoms with Gasteiger partial charge in [-0.2, -0.15) is 5.10 Å². The fraction of sp³-hybridized carbons (Fsp3) is 0.500. The smallest absolute Gasteiger partial charge is 0.264 e. The molecule has 0 aliphatic carbocycles. The molecule has 2 rings (SSSR count). The number of rotatable bonds is 10. The summed E-state index contributed by atoms with van der Waals surface area (Å²) >= 11 is 1.23. The second kappa shape index (κ2) is 10.9. The number of nitrogens with zero attached hydrogens (tertiary/aromatic N) is 3. The lowest BCUT2D eigenvalue weighted by Gasteiger charge is -2.15. The molecule has 0 radical (unpaired) electrons. The van der Waals surface area contributed by atoms with Gasteiger partial charge in [0, 0.05) is 35.1 Å². The van der Waals surface area contributed by atoms with Crippen LogP contribution in [-0.4, -0.2) is 41.9 Å². The number of hydrogen-bond donors (Lipinski definition) is 1. The van der Waals surface area contributed by atoms with Crippen LogP contribution in [0.5, 0.6) is 5.75 Å². The molecule has 160 valence electrons. The number of carbonyl (C=O) groups excluding carboxylic acids is 1. The van der Waals surface area contributed by atoms with E-state index >= 15 is 0 Å². The van der Waals surface area contributed by atoms with E-state index < -0.39 is 11.3 Å². The molecule has 1 aromatic heterocycles. The van der Waals surface area contributed by atoms with Crippen LogP contribution in [0.2, 0.25) is 0 Å². The zero-order chi connectivity index (χ0) is 21.6. The number of ether oxygens (including phenoxy) is 1. The van der Waals surface area contributed by atoms with Crippen LogP contribution in [0.15, 0.2) is 28.7 Å². The summed E-state index contributed by atoms with van der Waals surface area (Å²) in [4.78, 5) is 12.1. The number of amides is 1. The number of carbonyl (C=O) groups is 1. The second-order valence-corrected chi connectivity index (χ2v) is 9.03. The third kappa shape index (κ3) is 6.94. The standard InChI is InChI=1S/C20H28BrN3O4S/c1-5-24(29(26)27)20(25)9-7-18-10-15(4)23(22-18)12-16-11-17(21)6-8-19(16)28-13-14(2)3/h6,8,10-11,14H,5,7,9,12-13H2,1-4H3,(H,26,27). The van der Waals surface area contributed by atoms with Crippen molar-refractivity contribution in [1.29, 1.82) is 0 Å². The van der Waals surface area contributed by atoms with Gasteiger partial charge in [0.25, 0.3) is 11.3 Å². The minimum absolute atomic E-state index is 0.135. The van der Waals surface area contributed by atoms with Crippen molar-refractivity contribution < 1.29 is 18.3 Å². The van der Waals surface area contributed by atoms with Crippen LogP contribution in [0.1, 0.15) is 44.1 Å². The molecule has 1 heterocycles. The van der Waals surface area contributed by atoms with E-state index in [0.29, 0.717) is 25.5 Å². The normalized spacial score (nSPS) is 12.2. The summed E-state index contributed by atoms with van der Waals surface area (Å²) in [5, 5.41) is 4.61. The van der Waals surface area contributed by atoms with E-state index in [1.807, 2.05) is 35.9 Å². The Morgan fingerprint density at radius 3 is 2.72 bits per heavy atom. The Kier molecular flexibility index (Phi) is 8.85. The Balaban J connectivity index is 2.10. The predicted molar refractivity (Wildman–Crippen MR) is 117 cm³/mol. The molecule has 1 aromatic carbocycles. The summed E-state index contributed by atoms with van der Waals surface area (Å²) < 4.78 is 30.1. The molecular weight excluding hydrogens is 458 g/mol. The first kappa shape index (κ1) is 23.6. The monoisotopic (exact) mass is 485 g/mol. The van der Waals surface area contributed by atoms with E-state index in [9.17, 15) is 9.00 Å². The Labute approximate surface area is 183 Å². The van der Waals surface area contributed by atoms with E-state index in [0.717, 1.165) is 31.5 Å². The summed E-state index contributed by atoms with van der Waals surface area (Å²) in [6.45, 7) is 9.23. The lowest BCUT2D eigenvalue weighted by Crippen LogP contribution is -2.32. The average molecular weight is 486 g/mol. The van der Waals surface area contributed by atoms with E-state index in [-0.39, 0.29) is 18.9 Å². The summed E-state index contributed by atoms with van der Waals surface area (Å²) in [6.07, 6.45) is 0.547. The van der Waals surface area contributed by atoms with Crippen molar-refractivity contribution in [2.45, 2.75) is 47.1 Å². The Morgan fingerprint density at radius 2 is 2.10 bits per heavy atom. The molecular formula is C20H28BrN3O4S. The highest BCUT2D eigenvalue weighted by Crippen LogP contribution is 2.25. The van der Waals surface area contributed by atoms with E-state index in [1.54, 1.807) is 6.92 Å². The lowest BCUT2D eigenvalue weighted by molar-refractivity contribution is -0.126. The highest BCUT2D eigenvalue weighted by Gasteiger charge is 2.17. The number of hydrogen-bond acceptors (Lipinski definition) is 4. The van der Waals surface area contributed by atoms with Crippen molar-refractivity contribution in [2.24, 2.45) is 5.92 Å². The van der Waals surface area contributed by atoms with Crippen LogP contribution in [0.4, 0.5) is 0 Å². The first-order valence-electron chi connectivity index (χ1n) is 9.57. The molecule has 7 nitrogen and oxygen atoms in total. The zero-order valence-electron chi connectivity index (χ0n) is 17.2. The SMILES string of the molecule is CCN(C(=O)CCc1cc(C)n(Cc2cc(Br)ccc2OCC(C)C)n1)S(=O)O. The summed E-state index contributed by atoms with van der Waals surface area (Å²) in [5.41, 5.74) is 2.76. The van der Waals surface area contributed by atoms with Gasteiger partial charge in [0.15, 0.2) is 0 Å². The fourth-order valence-corrected chi connectivity index (χ4v) is 3.72. The lowest BCUT2D eigenvalue weighted by atomic mass is 10.2. The third-order valence-corrected chi connectivity index (χ3v) is 5.63. The van der Waals surface area contributed by atoms with Gasteiger partial charge >= 0.3 is 0 Å². The molecule has 1 amide bonds. The van der Waals surface area contributed by atoms with Crippen molar-refractivity contribution in [2.75, 3.05) is 13.2 Å². The molecule has 29 heavy (non-hydrogen) atoms. The Hall–Kier alpha value is -1.71. The minimum atomic E-state index is -2.29. The molecule has 0 saturated heterocycles. The fourth-order valence-electron chi connectivity index (χ4n) is 2.82. The highest BCUT2D eigenvalue weighted by molar-refractivity contribution is 9.10. The Bertz CT molecular complexity index is 869. The van der Waals surface area contributed by atoms with E-state index in [1.165, 1.54) is 0 Å². The maximum atomic E-state index is 12.1. The number of aryl methyl sites for hydroxylation is 2. The predicted octanol–water partition coefficient (Wildman–Crippen LogP) is 3.95. The van der Waals surface area contributed by atoms with Crippen LogP contribution in [0.25, 0.3) is 0 Å². The van der Waals surface area contributed by atoms with Crippen molar-refractivity contribution in [3.8, 4) is 5.75 Å². The summed E-state index contributed by atoms with van der Waals surface area (Å²) in [6, 6.07) is 7.87. The first-order chi connectivity index (χ1) is 13.7. The molecule has 0 spiro atoms. The number of aromatic nitrogens is 2. The van der Waals surface area contributed by atoms with Gasteiger partial charge in [-0.05, 0) is 44.0 Å². The molecule has 0 fully saturated rings. The number of benzene rings is 1. The average Bonchev–Trinajstić information content (AvgIpc) is 2.99. The molecule has 1 unspecified atom stereocenters. The molecule has 9 heteroatoms. The van der Waals surface area contributed by atoms with Gasteiger partial charge in [0.1, 0.15) is 5.75 Å². The molecule has 1 N–H and O–H groups in total. The maximum Gasteiger partial charge on any atom is 0.264 e. The molecule has 0 aliphatic rings. The van der Waals surface area contributed by atoms with Gasteiger partial charge in [0.05, 0.1) is 18.8 Å². The first-order valence-corrected chi connectivity index (χ1v) is 11.4. The molecule has 0 bridgehead atoms. The van der Waals surface area contributed by atoms with Crippen LogP contribution in [0.3, 0.4) is 0 Å². The zero-order valence-corrected chi connectivity index (χ0v) is 19.6. The van der Waals surface area contributed by atoms with Crippen molar-refractivity contribution in [1.82, 2.24) is 14.1 Å². The van der Waals surface area contributed by atoms with E-state index in [4.69, 9.17) is 9.29 Å². The van der Waals surface area contributed by atoms with Crippen LogP contribution in [-0.2, 0) is 29.0 Å². The summed E-state index contributed by atoms with van der Waals surface area (Å²) in [5.74, 6) is 0.896. The molecule has 0 aliphatic heterocycles. The van der Waals surface area contributed by atoms with Crippen molar-refractivity contribution in [3.63, 3.8) is 0 Å². The van der Waals surface area contributed by atoms with Crippen molar-refractivity contribution >= 4 is 33.1 Å². The quantitative estimate of drug-likeness (QED) is 0.514. The van der Waals surface area contributed by atoms with Gasteiger partial charge in [-0.15, -0.1) is 0 Å². The van der Waals surface area contributed by atoms with Crippen molar-refractivity contribution in [3.05, 3.63) is 45.7 Å². The number of halogens is 1. The van der Waals surface area contributed by atoms with Gasteiger partial charge in [-0.3, -0.25) is 14.0 Å². The largest absolute Gasteiger partial charge is 0.493 e. The molecule has 2 aromatic rings. The van der Waals surface area contributed by atoms with Crippen LogP contribution in [0, 0.1) is 12.8 Å². The Morgan fingerprint density at radius 1 is 1.38 bits per heavy atom. The molecule has 0 saturated carbocycles. The molecule has 1 atom stereocenters. The topological polar surface area (TPSA) is 84.7 Å². The van der Waals surface area contributed by atoms with Gasteiger partial charge in [0.2, 0.25) is 5.91 Å². The van der Waals surface area contributed by atoms with E-state index in [2.05, 4.69) is 34.9 Å². The highest BCUT2D eigenvalue weighted by atomic mass is 79.9. The third-order valence-electron chi connectivity index (χ3n) is 4.30. The maximum absolute atomic E-state index is 12.1. The van der Waals surface area contributed by atoms with Gasteiger partial charge in [-0.25, -0.2) is 8.51 Å². The summed E-state index contributed by atoms with van der Waals surface area (Å²) in [7, 11) is 0. The minimum Gasteiger partial charge on any atom is -0.493 e. The van der Waals surface area contributed by atoms with Crippen LogP contribution >= 0.6 is 15.9 Å². The second-order valence-electron chi connectivity index (χ2n) is 7.21. The van der Waals surface area contributed by atoms with Gasteiger partial charge in [-0.1, -0.05) is 29.8 Å². The van der Waals surface area contributed by atoms with Crippen LogP contribution < -0.4 is 4.74 Å².